The van der Waals surface area contributed by atoms with Gasteiger partial charge in [-0.15, -0.1) is 0 Å². The van der Waals surface area contributed by atoms with Crippen LogP contribution in [0.2, 0.25) is 0 Å². The van der Waals surface area contributed by atoms with Crippen molar-refractivity contribution in [3.8, 4) is 5.75 Å². The van der Waals surface area contributed by atoms with Crippen molar-refractivity contribution in [1.82, 2.24) is 5.32 Å². The summed E-state index contributed by atoms with van der Waals surface area (Å²) >= 11 is 0. The van der Waals surface area contributed by atoms with Crippen LogP contribution in [0.25, 0.3) is 10.4 Å². The van der Waals surface area contributed by atoms with E-state index in [1.165, 1.54) is 0 Å². The molecule has 96 valence electrons. The van der Waals surface area contributed by atoms with E-state index in [-0.39, 0.29) is 11.7 Å². The molecule has 0 aliphatic heterocycles. The van der Waals surface area contributed by atoms with Gasteiger partial charge in [0, 0.05) is 24.4 Å². The number of hydrogen-bond donors (Lipinski definition) is 2. The lowest BCUT2D eigenvalue weighted by Crippen LogP contribution is -2.25. The molecule has 0 spiro atoms. The number of amides is 1. The highest BCUT2D eigenvalue weighted by Crippen LogP contribution is 2.10. The summed E-state index contributed by atoms with van der Waals surface area (Å²) in [5, 5.41) is 15.2. The zero-order valence-corrected chi connectivity index (χ0v) is 10.0. The molecular formula is C12H16N4O2. The van der Waals surface area contributed by atoms with Crippen LogP contribution in [0.3, 0.4) is 0 Å². The van der Waals surface area contributed by atoms with Crippen LogP contribution >= 0.6 is 0 Å². The summed E-state index contributed by atoms with van der Waals surface area (Å²) < 4.78 is 0. The maximum atomic E-state index is 11.5. The average molecular weight is 248 g/mol. The molecule has 1 amide bonds. The van der Waals surface area contributed by atoms with Gasteiger partial charge in [-0.2, -0.15) is 0 Å². The van der Waals surface area contributed by atoms with Gasteiger partial charge in [-0.25, -0.2) is 0 Å². The molecule has 1 aromatic rings. The molecule has 6 nitrogen and oxygen atoms in total. The van der Waals surface area contributed by atoms with Gasteiger partial charge < -0.3 is 10.4 Å². The van der Waals surface area contributed by atoms with Crippen molar-refractivity contribution in [2.24, 2.45) is 5.11 Å². The SMILES string of the molecule is [N-]=[N+]=NCCCNC(=O)CCc1ccc(O)cc1. The number of benzene rings is 1. The van der Waals surface area contributed by atoms with Crippen molar-refractivity contribution in [1.29, 1.82) is 0 Å². The zero-order valence-electron chi connectivity index (χ0n) is 10.0. The van der Waals surface area contributed by atoms with Crippen LogP contribution in [-0.2, 0) is 11.2 Å². The summed E-state index contributed by atoms with van der Waals surface area (Å²) in [4.78, 5) is 14.1. The number of carbonyl (C=O) groups is 1. The van der Waals surface area contributed by atoms with Crippen molar-refractivity contribution < 1.29 is 9.90 Å². The molecule has 0 aliphatic rings. The fourth-order valence-electron chi connectivity index (χ4n) is 1.43. The van der Waals surface area contributed by atoms with Crippen LogP contribution in [-0.4, -0.2) is 24.1 Å². The Bertz CT molecular complexity index is 424. The Morgan fingerprint density at radius 1 is 1.39 bits per heavy atom. The molecule has 18 heavy (non-hydrogen) atoms. The standard InChI is InChI=1S/C12H16N4O2/c13-16-15-9-1-8-14-12(18)7-4-10-2-5-11(17)6-3-10/h2-3,5-6,17H,1,4,7-9H2,(H,14,18). The first kappa shape index (κ1) is 13.9. The van der Waals surface area contributed by atoms with Crippen molar-refractivity contribution in [3.63, 3.8) is 0 Å². The molecular weight excluding hydrogens is 232 g/mol. The molecule has 0 bridgehead atoms. The molecule has 0 fully saturated rings. The second-order valence-electron chi connectivity index (χ2n) is 3.82. The van der Waals surface area contributed by atoms with E-state index in [2.05, 4.69) is 15.3 Å². The summed E-state index contributed by atoms with van der Waals surface area (Å²) in [5.74, 6) is 0.199. The summed E-state index contributed by atoms with van der Waals surface area (Å²) in [5.41, 5.74) is 9.07. The maximum Gasteiger partial charge on any atom is 0.220 e. The zero-order chi connectivity index (χ0) is 13.2. The van der Waals surface area contributed by atoms with E-state index >= 15 is 0 Å². The summed E-state index contributed by atoms with van der Waals surface area (Å²) in [6.07, 6.45) is 1.70. The minimum atomic E-state index is -0.0241. The lowest BCUT2D eigenvalue weighted by atomic mass is 10.1. The third-order valence-corrected chi connectivity index (χ3v) is 2.40. The second-order valence-corrected chi connectivity index (χ2v) is 3.82. The first-order valence-corrected chi connectivity index (χ1v) is 5.78. The molecule has 0 unspecified atom stereocenters. The van der Waals surface area contributed by atoms with Gasteiger partial charge >= 0.3 is 0 Å². The molecule has 1 aromatic carbocycles. The van der Waals surface area contributed by atoms with Crippen molar-refractivity contribution in [2.45, 2.75) is 19.3 Å². The highest BCUT2D eigenvalue weighted by atomic mass is 16.3. The van der Waals surface area contributed by atoms with Gasteiger partial charge in [0.1, 0.15) is 5.75 Å². The Hall–Kier alpha value is -2.20. The van der Waals surface area contributed by atoms with E-state index in [1.807, 2.05) is 0 Å². The van der Waals surface area contributed by atoms with Crippen LogP contribution in [0.15, 0.2) is 29.4 Å². The third kappa shape index (κ3) is 5.77. The second kappa shape index (κ2) is 7.97. The number of azide groups is 1. The summed E-state index contributed by atoms with van der Waals surface area (Å²) in [7, 11) is 0. The monoisotopic (exact) mass is 248 g/mol. The molecule has 0 aliphatic carbocycles. The minimum Gasteiger partial charge on any atom is -0.508 e. The van der Waals surface area contributed by atoms with E-state index in [9.17, 15) is 4.79 Å². The van der Waals surface area contributed by atoms with Crippen molar-refractivity contribution in [3.05, 3.63) is 40.3 Å². The van der Waals surface area contributed by atoms with E-state index in [0.29, 0.717) is 32.4 Å². The Labute approximate surface area is 105 Å². The van der Waals surface area contributed by atoms with E-state index < -0.39 is 0 Å². The van der Waals surface area contributed by atoms with Gasteiger partial charge in [0.05, 0.1) is 0 Å². The fraction of sp³-hybridized carbons (Fsp3) is 0.417. The lowest BCUT2D eigenvalue weighted by molar-refractivity contribution is -0.121. The molecule has 0 saturated heterocycles. The van der Waals surface area contributed by atoms with E-state index in [4.69, 9.17) is 10.6 Å². The number of nitrogens with zero attached hydrogens (tertiary/aromatic N) is 3. The number of nitrogens with one attached hydrogen (secondary N) is 1. The number of phenols is 1. The Morgan fingerprint density at radius 3 is 2.78 bits per heavy atom. The van der Waals surface area contributed by atoms with Crippen LogP contribution in [0.4, 0.5) is 0 Å². The maximum absolute atomic E-state index is 11.5. The molecule has 0 aromatic heterocycles. The van der Waals surface area contributed by atoms with E-state index in [1.54, 1.807) is 24.3 Å². The van der Waals surface area contributed by atoms with Crippen LogP contribution in [0.1, 0.15) is 18.4 Å². The molecule has 0 radical (unpaired) electrons. The quantitative estimate of drug-likeness (QED) is 0.334. The van der Waals surface area contributed by atoms with Gasteiger partial charge in [0.15, 0.2) is 0 Å². The predicted molar refractivity (Wildman–Crippen MR) is 68.1 cm³/mol. The molecule has 6 heteroatoms. The third-order valence-electron chi connectivity index (χ3n) is 2.40. The number of carbonyl (C=O) groups excluding carboxylic acids is 1. The van der Waals surface area contributed by atoms with E-state index in [0.717, 1.165) is 5.56 Å². The van der Waals surface area contributed by atoms with Gasteiger partial charge in [0.25, 0.3) is 0 Å². The molecule has 1 rings (SSSR count). The number of hydrogen-bond acceptors (Lipinski definition) is 3. The van der Waals surface area contributed by atoms with Crippen LogP contribution in [0.5, 0.6) is 5.75 Å². The first-order chi connectivity index (χ1) is 8.72. The Kier molecular flexibility index (Phi) is 6.14. The largest absolute Gasteiger partial charge is 0.508 e. The Morgan fingerprint density at radius 2 is 2.11 bits per heavy atom. The van der Waals surface area contributed by atoms with Crippen molar-refractivity contribution in [2.75, 3.05) is 13.1 Å². The van der Waals surface area contributed by atoms with Gasteiger partial charge in [-0.05, 0) is 36.1 Å². The molecule has 0 atom stereocenters. The highest BCUT2D eigenvalue weighted by Gasteiger charge is 2.01. The summed E-state index contributed by atoms with van der Waals surface area (Å²) in [6.45, 7) is 0.919. The van der Waals surface area contributed by atoms with Crippen LogP contribution in [0, 0.1) is 0 Å². The molecule has 0 heterocycles. The normalized spacial score (nSPS) is 9.56. The molecule has 0 saturated carbocycles. The topological polar surface area (TPSA) is 98.1 Å². The average Bonchev–Trinajstić information content (AvgIpc) is 2.38. The number of aromatic hydroxyl groups is 1. The highest BCUT2D eigenvalue weighted by molar-refractivity contribution is 5.76. The minimum absolute atomic E-state index is 0.0241. The number of phenolic OH excluding ortho intramolecular Hbond substituents is 1. The van der Waals surface area contributed by atoms with Gasteiger partial charge in [-0.1, -0.05) is 17.2 Å². The first-order valence-electron chi connectivity index (χ1n) is 5.78. The number of aryl methyl sites for hydroxylation is 1. The lowest BCUT2D eigenvalue weighted by Gasteiger charge is -2.04. The number of rotatable bonds is 7. The van der Waals surface area contributed by atoms with Crippen molar-refractivity contribution >= 4 is 5.91 Å². The Balaban J connectivity index is 2.16. The predicted octanol–water partition coefficient (Wildman–Crippen LogP) is 2.14. The van der Waals surface area contributed by atoms with Crippen LogP contribution < -0.4 is 5.32 Å². The van der Waals surface area contributed by atoms with Gasteiger partial charge in [-0.3, -0.25) is 4.79 Å². The summed E-state index contributed by atoms with van der Waals surface area (Å²) in [6, 6.07) is 6.80. The molecule has 2 N–H and O–H groups in total. The fourth-order valence-corrected chi connectivity index (χ4v) is 1.43. The smallest absolute Gasteiger partial charge is 0.220 e. The van der Waals surface area contributed by atoms with Gasteiger partial charge in [0.2, 0.25) is 5.91 Å².